The summed E-state index contributed by atoms with van der Waals surface area (Å²) in [6, 6.07) is 0. The van der Waals surface area contributed by atoms with E-state index < -0.39 is 177 Å². The zero-order valence-corrected chi connectivity index (χ0v) is 49.0. The first-order valence-corrected chi connectivity index (χ1v) is 29.8. The van der Waals surface area contributed by atoms with E-state index in [-0.39, 0.29) is 46.0 Å². The second-order valence-electron chi connectivity index (χ2n) is 27.9. The zero-order valence-electron chi connectivity index (χ0n) is 49.0. The van der Waals surface area contributed by atoms with Crippen molar-refractivity contribution in [3.05, 3.63) is 11.6 Å². The maximum absolute atomic E-state index is 15.4. The van der Waals surface area contributed by atoms with Gasteiger partial charge in [-0.2, -0.15) is 0 Å². The van der Waals surface area contributed by atoms with Gasteiger partial charge in [0.15, 0.2) is 37.4 Å². The maximum Gasteiger partial charge on any atom is 0.337 e. The topological polar surface area (TPSA) is 378 Å². The predicted molar refractivity (Wildman–Crippen MR) is 281 cm³/mol. The molecule has 5 aliphatic heterocycles. The Morgan fingerprint density at radius 2 is 1.14 bits per heavy atom. The van der Waals surface area contributed by atoms with E-state index in [2.05, 4.69) is 54.5 Å². The molecule has 0 aromatic rings. The van der Waals surface area contributed by atoms with Gasteiger partial charge in [0.1, 0.15) is 85.5 Å². The normalized spacial score (nSPS) is 53.2. The highest BCUT2D eigenvalue weighted by atomic mass is 16.8. The molecular formula is C58H92O25. The highest BCUT2D eigenvalue weighted by molar-refractivity contribution is 5.79. The molecule has 83 heavy (non-hydrogen) atoms. The SMILES string of the molecule is COC(=O)[C@H]1O[C@@H](O[C@H]2CC[C@]3(C)[C@H]4CC=C5[C@@H]6CC(C)(C)CC[C@]6(C(=O)O[C@H]6OC[C@H](O)[C@H](O)[C@H]6O[C@@H]6O[C@H](C)[C@H](O[C@@H]7OC[C@@H](O[C@@H]8OC[C@@H](O)[C@H](O)[C@H]8O)[C@H](O)[C@H]7O)[C@@H](O)[C@H]6O)CC[C@@]5(C)[C@]4(C)CC[C@H]3C2(C)C)[C@H](O)[C@@H](O)[C@@H]1O. The van der Waals surface area contributed by atoms with Gasteiger partial charge in [-0.3, -0.25) is 4.79 Å². The van der Waals surface area contributed by atoms with Crippen molar-refractivity contribution in [3.63, 3.8) is 0 Å². The van der Waals surface area contributed by atoms with Crippen molar-refractivity contribution in [1.29, 1.82) is 0 Å². The van der Waals surface area contributed by atoms with Crippen LogP contribution in [0.25, 0.3) is 0 Å². The molecule has 474 valence electrons. The average molecular weight is 1190 g/mol. The fraction of sp³-hybridized carbons (Fsp3) is 0.931. The largest absolute Gasteiger partial charge is 0.467 e. The molecular weight excluding hydrogens is 1100 g/mol. The Labute approximate surface area is 483 Å². The molecule has 0 aromatic heterocycles. The first-order valence-electron chi connectivity index (χ1n) is 29.8. The van der Waals surface area contributed by atoms with Gasteiger partial charge in [-0.15, -0.1) is 0 Å². The van der Waals surface area contributed by atoms with Crippen molar-refractivity contribution in [3.8, 4) is 0 Å². The lowest BCUT2D eigenvalue weighted by Gasteiger charge is -2.71. The van der Waals surface area contributed by atoms with Gasteiger partial charge in [0, 0.05) is 0 Å². The minimum Gasteiger partial charge on any atom is -0.467 e. The van der Waals surface area contributed by atoms with Crippen molar-refractivity contribution in [2.24, 2.45) is 50.2 Å². The summed E-state index contributed by atoms with van der Waals surface area (Å²) in [6.45, 7) is 16.3. The smallest absolute Gasteiger partial charge is 0.337 e. The molecule has 12 N–H and O–H groups in total. The summed E-state index contributed by atoms with van der Waals surface area (Å²) in [6.07, 6.45) is -25.8. The van der Waals surface area contributed by atoms with Crippen molar-refractivity contribution < 1.29 is 123 Å². The molecule has 4 saturated carbocycles. The molecule has 25 nitrogen and oxygen atoms in total. The number of fused-ring (bicyclic) bond motifs is 7. The average Bonchev–Trinajstić information content (AvgIpc) is 0.777. The zero-order chi connectivity index (χ0) is 60.4. The molecule has 5 aliphatic carbocycles. The molecule has 25 heteroatoms. The molecule has 0 amide bonds. The summed E-state index contributed by atoms with van der Waals surface area (Å²) >= 11 is 0. The van der Waals surface area contributed by atoms with Crippen molar-refractivity contribution in [2.45, 2.75) is 261 Å². The van der Waals surface area contributed by atoms with Crippen LogP contribution in [0, 0.1) is 50.2 Å². The van der Waals surface area contributed by atoms with E-state index in [1.807, 2.05) is 0 Å². The Morgan fingerprint density at radius 1 is 0.554 bits per heavy atom. The number of aliphatic hydroxyl groups excluding tert-OH is 12. The lowest BCUT2D eigenvalue weighted by molar-refractivity contribution is -0.373. The van der Waals surface area contributed by atoms with Gasteiger partial charge >= 0.3 is 11.9 Å². The number of methoxy groups -OCH3 is 1. The van der Waals surface area contributed by atoms with Crippen LogP contribution < -0.4 is 0 Å². The van der Waals surface area contributed by atoms with E-state index in [9.17, 15) is 66.1 Å². The number of hydrogen-bond donors (Lipinski definition) is 12. The lowest BCUT2D eigenvalue weighted by Crippen LogP contribution is -2.66. The summed E-state index contributed by atoms with van der Waals surface area (Å²) < 4.78 is 64.0. The molecule has 0 spiro atoms. The standard InChI is InChI=1S/C58H92O25/c1-24-43(80-48-40(68)35(63)29(23-76-48)78-47-39(67)33(61)27(59)21-74-47)38(66)42(70)49(77-24)82-45-34(62)28(60)22-75-51(45)83-52(72)58-18-16-53(2,3)20-26(58)25-10-11-31-55(6)14-13-32(79-50-41(69)36(64)37(65)44(81-50)46(71)73-9)54(4,5)30(55)12-15-57(31,8)56(25,7)17-19-58/h10,24,26-45,47-51,59-70H,11-23H2,1-9H3/t24-,26+,27-,28+,29-,30+,31-,32+,33+,34+,35+,36+,37+,38+,39-,40-,41-,42-,43+,44+,45-,47+,48+,49+,50-,51-,55+,56-,57-,58+/m1/s1. The van der Waals surface area contributed by atoms with Crippen LogP contribution in [0.15, 0.2) is 11.6 Å². The van der Waals surface area contributed by atoms with Crippen LogP contribution in [0.2, 0.25) is 0 Å². The van der Waals surface area contributed by atoms with Crippen LogP contribution in [-0.4, -0.2) is 241 Å². The first kappa shape index (κ1) is 63.8. The molecule has 0 bridgehead atoms. The molecule has 5 saturated heterocycles. The Morgan fingerprint density at radius 3 is 1.84 bits per heavy atom. The number of hydrogen-bond acceptors (Lipinski definition) is 25. The Hall–Kier alpha value is -2.16. The van der Waals surface area contributed by atoms with Gasteiger partial charge in [-0.1, -0.05) is 60.1 Å². The van der Waals surface area contributed by atoms with Crippen LogP contribution >= 0.6 is 0 Å². The second-order valence-corrected chi connectivity index (χ2v) is 27.9. The summed E-state index contributed by atoms with van der Waals surface area (Å²) in [7, 11) is 1.15. The van der Waals surface area contributed by atoms with Crippen molar-refractivity contribution in [1.82, 2.24) is 0 Å². The molecule has 0 radical (unpaired) electrons. The van der Waals surface area contributed by atoms with Crippen LogP contribution in [0.4, 0.5) is 0 Å². The summed E-state index contributed by atoms with van der Waals surface area (Å²) in [5.74, 6) is -1.25. The molecule has 0 unspecified atom stereocenters. The minimum atomic E-state index is -1.90. The van der Waals surface area contributed by atoms with Gasteiger partial charge in [-0.25, -0.2) is 4.79 Å². The van der Waals surface area contributed by atoms with E-state index in [4.69, 9.17) is 52.1 Å². The van der Waals surface area contributed by atoms with Crippen LogP contribution in [0.5, 0.6) is 0 Å². The fourth-order valence-electron chi connectivity index (χ4n) is 17.2. The highest BCUT2D eigenvalue weighted by Gasteiger charge is 2.70. The Kier molecular flexibility index (Phi) is 17.9. The van der Waals surface area contributed by atoms with Crippen LogP contribution in [0.1, 0.15) is 120 Å². The van der Waals surface area contributed by atoms with Crippen LogP contribution in [-0.2, 0) is 61.7 Å². The van der Waals surface area contributed by atoms with Gasteiger partial charge in [-0.05, 0) is 116 Å². The number of rotatable bonds is 11. The number of esters is 2. The number of carbonyl (C=O) groups is 2. The molecule has 30 atom stereocenters. The van der Waals surface area contributed by atoms with Crippen molar-refractivity contribution in [2.75, 3.05) is 26.9 Å². The molecule has 0 aromatic carbocycles. The van der Waals surface area contributed by atoms with E-state index in [0.717, 1.165) is 39.2 Å². The number of carbonyl (C=O) groups excluding carboxylic acids is 2. The van der Waals surface area contributed by atoms with Crippen LogP contribution in [0.3, 0.4) is 0 Å². The first-order chi connectivity index (χ1) is 38.8. The maximum atomic E-state index is 15.4. The van der Waals surface area contributed by atoms with E-state index in [1.54, 1.807) is 0 Å². The van der Waals surface area contributed by atoms with E-state index >= 15 is 4.79 Å². The van der Waals surface area contributed by atoms with Gasteiger partial charge in [0.25, 0.3) is 0 Å². The second kappa shape index (κ2) is 23.3. The third-order valence-corrected chi connectivity index (χ3v) is 22.5. The Bertz CT molecular complexity index is 2360. The van der Waals surface area contributed by atoms with E-state index in [1.165, 1.54) is 12.5 Å². The number of ether oxygens (including phenoxy) is 11. The quantitative estimate of drug-likeness (QED) is 0.0665. The summed E-state index contributed by atoms with van der Waals surface area (Å²) in [5, 5.41) is 130. The third-order valence-electron chi connectivity index (χ3n) is 22.5. The molecule has 5 heterocycles. The lowest BCUT2D eigenvalue weighted by atomic mass is 9.33. The van der Waals surface area contributed by atoms with Gasteiger partial charge in [0.2, 0.25) is 6.29 Å². The number of aliphatic hydroxyl groups is 12. The predicted octanol–water partition coefficient (Wildman–Crippen LogP) is -1.09. The third kappa shape index (κ3) is 10.8. The number of allylic oxidation sites excluding steroid dienone is 2. The fourth-order valence-corrected chi connectivity index (χ4v) is 17.2. The van der Waals surface area contributed by atoms with Crippen molar-refractivity contribution >= 4 is 11.9 Å². The minimum absolute atomic E-state index is 0.137. The Balaban J connectivity index is 0.820. The van der Waals surface area contributed by atoms with E-state index in [0.29, 0.717) is 32.1 Å². The summed E-state index contributed by atoms with van der Waals surface area (Å²) in [4.78, 5) is 27.9. The molecule has 9 fully saturated rings. The molecule has 10 rings (SSSR count). The molecule has 10 aliphatic rings. The summed E-state index contributed by atoms with van der Waals surface area (Å²) in [5.41, 5.74) is -1.04. The highest BCUT2D eigenvalue weighted by Crippen LogP contribution is 2.76. The van der Waals surface area contributed by atoms with Gasteiger partial charge in [0.05, 0.1) is 44.6 Å². The monoisotopic (exact) mass is 1190 g/mol. The van der Waals surface area contributed by atoms with Gasteiger partial charge < -0.3 is 113 Å².